The predicted octanol–water partition coefficient (Wildman–Crippen LogP) is 7.61. The molecule has 0 fully saturated rings. The first-order chi connectivity index (χ1) is 17.5. The van der Waals surface area contributed by atoms with Crippen LogP contribution in [0.1, 0.15) is 54.6 Å². The van der Waals surface area contributed by atoms with E-state index >= 15 is 0 Å². The van der Waals surface area contributed by atoms with Crippen LogP contribution in [0.5, 0.6) is 5.75 Å². The van der Waals surface area contributed by atoms with Gasteiger partial charge in [-0.25, -0.2) is 0 Å². The van der Waals surface area contributed by atoms with E-state index in [1.54, 1.807) is 12.1 Å². The molecule has 2 atom stereocenters. The van der Waals surface area contributed by atoms with E-state index in [2.05, 4.69) is 45.3 Å². The highest BCUT2D eigenvalue weighted by atomic mass is 35.5. The van der Waals surface area contributed by atoms with E-state index in [-0.39, 0.29) is 29.1 Å². The van der Waals surface area contributed by atoms with Gasteiger partial charge in [0.2, 0.25) is 9.04 Å². The Kier molecular flexibility index (Phi) is 9.66. The lowest BCUT2D eigenvalue weighted by molar-refractivity contribution is 0.0705. The molecule has 8 heteroatoms. The van der Waals surface area contributed by atoms with Crippen molar-refractivity contribution in [3.8, 4) is 11.8 Å². The van der Waals surface area contributed by atoms with Crippen LogP contribution in [-0.2, 0) is 4.43 Å². The Hall–Kier alpha value is -2.56. The topological polar surface area (TPSA) is 71.3 Å². The van der Waals surface area contributed by atoms with Crippen LogP contribution < -0.4 is 10.1 Å². The van der Waals surface area contributed by atoms with Gasteiger partial charge in [0.15, 0.2) is 0 Å². The minimum Gasteiger partial charge on any atom is -0.495 e. The van der Waals surface area contributed by atoms with Crippen LogP contribution in [-0.4, -0.2) is 34.7 Å². The number of ether oxygens (including phenoxy) is 1. The van der Waals surface area contributed by atoms with Crippen molar-refractivity contribution < 1.29 is 14.0 Å². The first-order valence-corrected chi connectivity index (χ1v) is 15.3. The fourth-order valence-electron chi connectivity index (χ4n) is 4.38. The molecule has 3 aromatic rings. The number of methoxy groups -OCH3 is 1. The molecule has 3 rings (SSSR count). The maximum absolute atomic E-state index is 13.6. The summed E-state index contributed by atoms with van der Waals surface area (Å²) in [6, 6.07) is 17.0. The number of fused-ring (bicyclic) bond motifs is 1. The van der Waals surface area contributed by atoms with E-state index in [0.29, 0.717) is 34.1 Å². The van der Waals surface area contributed by atoms with Gasteiger partial charge in [0.25, 0.3) is 5.91 Å². The molecule has 1 amide bonds. The number of rotatable bonds is 9. The molecule has 0 aromatic heterocycles. The number of carbonyl (C=O) groups is 1. The van der Waals surface area contributed by atoms with Gasteiger partial charge in [-0.3, -0.25) is 4.79 Å². The predicted molar refractivity (Wildman–Crippen MR) is 153 cm³/mol. The van der Waals surface area contributed by atoms with Gasteiger partial charge in [-0.2, -0.15) is 5.26 Å². The number of hydrogen-bond donors (Lipinski definition) is 1. The maximum Gasteiger partial charge on any atom is 0.255 e. The number of nitrogens with one attached hydrogen (secondary N) is 1. The molecule has 3 aromatic carbocycles. The minimum atomic E-state index is -0.952. The molecule has 0 saturated carbocycles. The van der Waals surface area contributed by atoms with Gasteiger partial charge < -0.3 is 14.5 Å². The summed E-state index contributed by atoms with van der Waals surface area (Å²) in [6.07, 6.45) is 0.665. The molecule has 0 saturated heterocycles. The molecule has 1 N–H and O–H groups in total. The smallest absolute Gasteiger partial charge is 0.255 e. The summed E-state index contributed by atoms with van der Waals surface area (Å²) in [6.45, 7) is 11.1. The van der Waals surface area contributed by atoms with Gasteiger partial charge in [-0.1, -0.05) is 74.3 Å². The third kappa shape index (κ3) is 7.06. The Bertz CT molecular complexity index is 1310. The third-order valence-electron chi connectivity index (χ3n) is 6.32. The molecule has 1 unspecified atom stereocenters. The minimum absolute atomic E-state index is 0.0231. The molecular weight excluding hydrogens is 523 g/mol. The van der Waals surface area contributed by atoms with E-state index in [1.165, 1.54) is 7.11 Å². The molecule has 37 heavy (non-hydrogen) atoms. The van der Waals surface area contributed by atoms with Crippen molar-refractivity contribution in [3.63, 3.8) is 0 Å². The Morgan fingerprint density at radius 3 is 2.41 bits per heavy atom. The molecule has 0 aliphatic heterocycles. The van der Waals surface area contributed by atoms with E-state index in [4.69, 9.17) is 32.4 Å². The largest absolute Gasteiger partial charge is 0.495 e. The second-order valence-electron chi connectivity index (χ2n) is 10.4. The SMILES string of the molecule is COc1c(C#N)cc2ccccc2c1C(=O)NC[C@@H](CC(O[Si](C)C)C(C)(C)C)c1ccc(Cl)c(Cl)c1. The molecule has 0 bridgehead atoms. The summed E-state index contributed by atoms with van der Waals surface area (Å²) >= 11 is 12.6. The van der Waals surface area contributed by atoms with Crippen LogP contribution >= 0.6 is 23.2 Å². The van der Waals surface area contributed by atoms with Crippen LogP contribution in [0, 0.1) is 16.7 Å². The van der Waals surface area contributed by atoms with Gasteiger partial charge in [0, 0.05) is 12.5 Å². The number of amides is 1. The Morgan fingerprint density at radius 1 is 1.11 bits per heavy atom. The number of halogens is 2. The average Bonchev–Trinajstić information content (AvgIpc) is 2.85. The van der Waals surface area contributed by atoms with Gasteiger partial charge in [-0.15, -0.1) is 0 Å². The lowest BCUT2D eigenvalue weighted by Gasteiger charge is -2.35. The summed E-state index contributed by atoms with van der Waals surface area (Å²) in [5, 5.41) is 15.3. The summed E-state index contributed by atoms with van der Waals surface area (Å²) in [4.78, 5) is 13.6. The van der Waals surface area contributed by atoms with Gasteiger partial charge >= 0.3 is 0 Å². The number of hydrogen-bond acceptors (Lipinski definition) is 4. The summed E-state index contributed by atoms with van der Waals surface area (Å²) in [5.41, 5.74) is 1.53. The highest BCUT2D eigenvalue weighted by molar-refractivity contribution is 6.48. The lowest BCUT2D eigenvalue weighted by Crippen LogP contribution is -2.37. The second-order valence-corrected chi connectivity index (χ2v) is 13.2. The number of benzene rings is 3. The fraction of sp³-hybridized carbons (Fsp3) is 0.379. The van der Waals surface area contributed by atoms with Crippen molar-refractivity contribution in [1.82, 2.24) is 5.32 Å². The van der Waals surface area contributed by atoms with Crippen molar-refractivity contribution in [1.29, 1.82) is 5.26 Å². The van der Waals surface area contributed by atoms with Crippen LogP contribution in [0.25, 0.3) is 10.8 Å². The Balaban J connectivity index is 1.99. The van der Waals surface area contributed by atoms with Crippen molar-refractivity contribution >= 4 is 48.9 Å². The molecule has 0 spiro atoms. The summed E-state index contributed by atoms with van der Waals surface area (Å²) in [5.74, 6) is -0.121. The Morgan fingerprint density at radius 2 is 1.81 bits per heavy atom. The number of carbonyl (C=O) groups excluding carboxylic acids is 1. The zero-order valence-electron chi connectivity index (χ0n) is 22.1. The second kappa shape index (κ2) is 12.3. The monoisotopic (exact) mass is 555 g/mol. The normalized spacial score (nSPS) is 13.3. The molecule has 195 valence electrons. The lowest BCUT2D eigenvalue weighted by atomic mass is 9.81. The molecule has 0 aliphatic rings. The molecule has 0 heterocycles. The van der Waals surface area contributed by atoms with Gasteiger partial charge in [-0.05, 0) is 59.5 Å². The Labute approximate surface area is 231 Å². The van der Waals surface area contributed by atoms with Crippen molar-refractivity contribution in [3.05, 3.63) is 75.3 Å². The molecule has 5 nitrogen and oxygen atoms in total. The molecule has 1 radical (unpaired) electrons. The highest BCUT2D eigenvalue weighted by Gasteiger charge is 2.31. The number of nitriles is 1. The molecule has 0 aliphatic carbocycles. The van der Waals surface area contributed by atoms with Crippen molar-refractivity contribution in [2.75, 3.05) is 13.7 Å². The zero-order valence-corrected chi connectivity index (χ0v) is 24.6. The van der Waals surface area contributed by atoms with Gasteiger partial charge in [0.05, 0.1) is 34.4 Å². The molecular formula is C29H33Cl2N2O3Si. The quantitative estimate of drug-likeness (QED) is 0.275. The summed E-state index contributed by atoms with van der Waals surface area (Å²) in [7, 11) is 0.520. The summed E-state index contributed by atoms with van der Waals surface area (Å²) < 4.78 is 11.9. The van der Waals surface area contributed by atoms with E-state index in [9.17, 15) is 10.1 Å². The van der Waals surface area contributed by atoms with E-state index in [1.807, 2.05) is 36.4 Å². The van der Waals surface area contributed by atoms with Crippen LogP contribution in [0.4, 0.5) is 0 Å². The first-order valence-electron chi connectivity index (χ1n) is 12.2. The van der Waals surface area contributed by atoms with Gasteiger partial charge in [0.1, 0.15) is 11.8 Å². The van der Waals surface area contributed by atoms with Crippen LogP contribution in [0.3, 0.4) is 0 Å². The standard InChI is InChI=1S/C29H33Cl2N2O3Si/c1-29(2,3)25(36-37(5)6)15-21(18-11-12-23(30)24(31)14-18)17-33-28(34)26-22-10-8-7-9-19(22)13-20(16-32)27(26)35-4/h7-14,21,25H,15,17H2,1-6H3,(H,33,34)/t21-,25?/m1/s1. The van der Waals surface area contributed by atoms with E-state index < -0.39 is 9.04 Å². The first kappa shape index (κ1) is 29.0. The van der Waals surface area contributed by atoms with Crippen molar-refractivity contribution in [2.24, 2.45) is 5.41 Å². The average molecular weight is 557 g/mol. The third-order valence-corrected chi connectivity index (χ3v) is 7.81. The van der Waals surface area contributed by atoms with Crippen LogP contribution in [0.2, 0.25) is 23.1 Å². The van der Waals surface area contributed by atoms with E-state index in [0.717, 1.165) is 16.3 Å². The fourth-order valence-corrected chi connectivity index (χ4v) is 5.70. The highest BCUT2D eigenvalue weighted by Crippen LogP contribution is 2.35. The van der Waals surface area contributed by atoms with Crippen molar-refractivity contribution in [2.45, 2.75) is 52.3 Å². The maximum atomic E-state index is 13.6. The van der Waals surface area contributed by atoms with Crippen LogP contribution in [0.15, 0.2) is 48.5 Å². The zero-order chi connectivity index (χ0) is 27.3. The number of nitrogens with zero attached hydrogens (tertiary/aromatic N) is 1.